The maximum absolute atomic E-state index is 12.0. The monoisotopic (exact) mass is 313 g/mol. The molecule has 0 aliphatic heterocycles. The SMILES string of the molecule is COc1ccc(O)c(C=NNC(=O)c2ccc(N(C)C)cc2)c1. The van der Waals surface area contributed by atoms with Gasteiger partial charge in [-0.25, -0.2) is 5.43 Å². The highest BCUT2D eigenvalue weighted by Gasteiger charge is 2.05. The molecule has 6 nitrogen and oxygen atoms in total. The Morgan fingerprint density at radius 3 is 2.52 bits per heavy atom. The highest BCUT2D eigenvalue weighted by molar-refractivity contribution is 5.95. The Hall–Kier alpha value is -3.02. The number of benzene rings is 2. The Morgan fingerprint density at radius 2 is 1.91 bits per heavy atom. The lowest BCUT2D eigenvalue weighted by molar-refractivity contribution is 0.0955. The van der Waals surface area contributed by atoms with Gasteiger partial charge in [0.15, 0.2) is 0 Å². The van der Waals surface area contributed by atoms with E-state index in [0.717, 1.165) is 5.69 Å². The molecule has 120 valence electrons. The summed E-state index contributed by atoms with van der Waals surface area (Å²) >= 11 is 0. The van der Waals surface area contributed by atoms with Crippen LogP contribution < -0.4 is 15.1 Å². The van der Waals surface area contributed by atoms with Crippen LogP contribution in [0.4, 0.5) is 5.69 Å². The molecule has 0 fully saturated rings. The number of methoxy groups -OCH3 is 1. The summed E-state index contributed by atoms with van der Waals surface area (Å²) in [6, 6.07) is 11.9. The Balaban J connectivity index is 2.03. The van der Waals surface area contributed by atoms with E-state index in [1.165, 1.54) is 19.4 Å². The summed E-state index contributed by atoms with van der Waals surface area (Å²) in [4.78, 5) is 13.9. The second kappa shape index (κ2) is 7.31. The van der Waals surface area contributed by atoms with Crippen LogP contribution in [0, 0.1) is 0 Å². The van der Waals surface area contributed by atoms with Crippen molar-refractivity contribution < 1.29 is 14.6 Å². The zero-order valence-corrected chi connectivity index (χ0v) is 13.3. The van der Waals surface area contributed by atoms with Crippen molar-refractivity contribution in [2.75, 3.05) is 26.1 Å². The van der Waals surface area contributed by atoms with Crippen molar-refractivity contribution in [1.29, 1.82) is 0 Å². The van der Waals surface area contributed by atoms with Crippen molar-refractivity contribution in [2.24, 2.45) is 5.10 Å². The third-order valence-electron chi connectivity index (χ3n) is 3.25. The summed E-state index contributed by atoms with van der Waals surface area (Å²) in [5, 5.41) is 13.6. The lowest BCUT2D eigenvalue weighted by Crippen LogP contribution is -2.18. The number of phenolic OH excluding ortho intramolecular Hbond substituents is 1. The van der Waals surface area contributed by atoms with Crippen LogP contribution in [-0.2, 0) is 0 Å². The van der Waals surface area contributed by atoms with E-state index < -0.39 is 0 Å². The minimum Gasteiger partial charge on any atom is -0.507 e. The smallest absolute Gasteiger partial charge is 0.271 e. The normalized spacial score (nSPS) is 10.6. The first-order valence-corrected chi connectivity index (χ1v) is 6.99. The number of amides is 1. The summed E-state index contributed by atoms with van der Waals surface area (Å²) in [7, 11) is 5.40. The highest BCUT2D eigenvalue weighted by atomic mass is 16.5. The average molecular weight is 313 g/mol. The molecular formula is C17H19N3O3. The molecule has 2 N–H and O–H groups in total. The van der Waals surface area contributed by atoms with Crippen LogP contribution in [0.1, 0.15) is 15.9 Å². The molecule has 0 radical (unpaired) electrons. The van der Waals surface area contributed by atoms with Gasteiger partial charge in [0.05, 0.1) is 13.3 Å². The molecule has 0 aliphatic rings. The highest BCUT2D eigenvalue weighted by Crippen LogP contribution is 2.21. The van der Waals surface area contributed by atoms with Crippen LogP contribution in [0.2, 0.25) is 0 Å². The first kappa shape index (κ1) is 16.4. The molecule has 0 saturated carbocycles. The predicted molar refractivity (Wildman–Crippen MR) is 90.5 cm³/mol. The molecule has 0 aromatic heterocycles. The molecule has 2 rings (SSSR count). The number of anilines is 1. The summed E-state index contributed by atoms with van der Waals surface area (Å²) in [5.74, 6) is 0.322. The van der Waals surface area contributed by atoms with E-state index in [-0.39, 0.29) is 11.7 Å². The Bertz CT molecular complexity index is 710. The first-order valence-electron chi connectivity index (χ1n) is 6.99. The van der Waals surface area contributed by atoms with Gasteiger partial charge in [0.2, 0.25) is 0 Å². The van der Waals surface area contributed by atoms with Crippen molar-refractivity contribution in [3.8, 4) is 11.5 Å². The van der Waals surface area contributed by atoms with Gasteiger partial charge in [-0.15, -0.1) is 0 Å². The van der Waals surface area contributed by atoms with Gasteiger partial charge >= 0.3 is 0 Å². The zero-order chi connectivity index (χ0) is 16.8. The molecule has 0 unspecified atom stereocenters. The molecule has 0 atom stereocenters. The number of carbonyl (C=O) groups is 1. The van der Waals surface area contributed by atoms with Gasteiger partial charge in [0, 0.05) is 30.9 Å². The maximum Gasteiger partial charge on any atom is 0.271 e. The summed E-state index contributed by atoms with van der Waals surface area (Å²) in [5.41, 5.74) is 4.39. The van der Waals surface area contributed by atoms with Gasteiger partial charge in [-0.2, -0.15) is 5.10 Å². The fourth-order valence-corrected chi connectivity index (χ4v) is 1.90. The fraction of sp³-hybridized carbons (Fsp3) is 0.176. The van der Waals surface area contributed by atoms with E-state index in [1.54, 1.807) is 24.3 Å². The number of rotatable bonds is 5. The number of carbonyl (C=O) groups excluding carboxylic acids is 1. The lowest BCUT2D eigenvalue weighted by Gasteiger charge is -2.12. The zero-order valence-electron chi connectivity index (χ0n) is 13.3. The standard InChI is InChI=1S/C17H19N3O3/c1-20(2)14-6-4-12(5-7-14)17(22)19-18-11-13-10-15(23-3)8-9-16(13)21/h4-11,21H,1-3H3,(H,19,22). The average Bonchev–Trinajstić information content (AvgIpc) is 2.56. The maximum atomic E-state index is 12.0. The molecule has 0 saturated heterocycles. The molecular weight excluding hydrogens is 294 g/mol. The van der Waals surface area contributed by atoms with Gasteiger partial charge < -0.3 is 14.7 Å². The molecule has 23 heavy (non-hydrogen) atoms. The topological polar surface area (TPSA) is 74.2 Å². The van der Waals surface area contributed by atoms with Crippen LogP contribution in [-0.4, -0.2) is 38.4 Å². The van der Waals surface area contributed by atoms with Crippen LogP contribution in [0.25, 0.3) is 0 Å². The van der Waals surface area contributed by atoms with Crippen molar-refractivity contribution in [3.63, 3.8) is 0 Å². The summed E-state index contributed by atoms with van der Waals surface area (Å²) in [6.07, 6.45) is 1.37. The summed E-state index contributed by atoms with van der Waals surface area (Å²) in [6.45, 7) is 0. The van der Waals surface area contributed by atoms with Gasteiger partial charge in [0.1, 0.15) is 11.5 Å². The number of aromatic hydroxyl groups is 1. The molecule has 2 aromatic rings. The number of hydrazone groups is 1. The second-order valence-electron chi connectivity index (χ2n) is 5.07. The van der Waals surface area contributed by atoms with Crippen LogP contribution in [0.3, 0.4) is 0 Å². The first-order chi connectivity index (χ1) is 11.0. The number of nitrogens with one attached hydrogen (secondary N) is 1. The molecule has 2 aromatic carbocycles. The number of hydrogen-bond acceptors (Lipinski definition) is 5. The van der Waals surface area contributed by atoms with E-state index in [1.807, 2.05) is 31.1 Å². The lowest BCUT2D eigenvalue weighted by atomic mass is 10.2. The van der Waals surface area contributed by atoms with Crippen LogP contribution in [0.5, 0.6) is 11.5 Å². The van der Waals surface area contributed by atoms with Gasteiger partial charge in [-0.3, -0.25) is 4.79 Å². The van der Waals surface area contributed by atoms with E-state index in [2.05, 4.69) is 10.5 Å². The van der Waals surface area contributed by atoms with Crippen molar-refractivity contribution >= 4 is 17.8 Å². The molecule has 6 heteroatoms. The summed E-state index contributed by atoms with van der Waals surface area (Å²) < 4.78 is 5.07. The molecule has 0 aliphatic carbocycles. The minimum absolute atomic E-state index is 0.0548. The fourth-order valence-electron chi connectivity index (χ4n) is 1.90. The number of phenols is 1. The van der Waals surface area contributed by atoms with Crippen LogP contribution >= 0.6 is 0 Å². The third kappa shape index (κ3) is 4.23. The van der Waals surface area contributed by atoms with Crippen molar-refractivity contribution in [2.45, 2.75) is 0 Å². The number of nitrogens with zero attached hydrogens (tertiary/aromatic N) is 2. The largest absolute Gasteiger partial charge is 0.507 e. The van der Waals surface area contributed by atoms with E-state index in [0.29, 0.717) is 16.9 Å². The van der Waals surface area contributed by atoms with E-state index in [4.69, 9.17) is 4.74 Å². The second-order valence-corrected chi connectivity index (χ2v) is 5.07. The molecule has 0 spiro atoms. The number of ether oxygens (including phenoxy) is 1. The van der Waals surface area contributed by atoms with Crippen molar-refractivity contribution in [1.82, 2.24) is 5.43 Å². The van der Waals surface area contributed by atoms with E-state index in [9.17, 15) is 9.90 Å². The van der Waals surface area contributed by atoms with Crippen molar-refractivity contribution in [3.05, 3.63) is 53.6 Å². The van der Waals surface area contributed by atoms with E-state index >= 15 is 0 Å². The minimum atomic E-state index is -0.325. The Labute approximate surface area is 135 Å². The van der Waals surface area contributed by atoms with Crippen LogP contribution in [0.15, 0.2) is 47.6 Å². The molecule has 0 heterocycles. The Kier molecular flexibility index (Phi) is 5.19. The quantitative estimate of drug-likeness (QED) is 0.656. The predicted octanol–water partition coefficient (Wildman–Crippen LogP) is 2.23. The Morgan fingerprint density at radius 1 is 1.22 bits per heavy atom. The third-order valence-corrected chi connectivity index (χ3v) is 3.25. The van der Waals surface area contributed by atoms with Gasteiger partial charge in [0.25, 0.3) is 5.91 Å². The number of hydrogen-bond donors (Lipinski definition) is 2. The van der Waals surface area contributed by atoms with Gasteiger partial charge in [-0.1, -0.05) is 0 Å². The molecule has 1 amide bonds. The molecule has 0 bridgehead atoms. The van der Waals surface area contributed by atoms with Gasteiger partial charge in [-0.05, 0) is 42.5 Å².